The number of aromatic amines is 1. The van der Waals surface area contributed by atoms with E-state index in [1.807, 2.05) is 13.8 Å². The van der Waals surface area contributed by atoms with Crippen LogP contribution in [0.25, 0.3) is 0 Å². The SMILES string of the molecule is CC(C)c1nc2c(c(=O)[nH]1)CCN(Cc1cccc(O)c1O)C2. The fraction of sp³-hybridized carbons (Fsp3) is 0.412. The lowest BCUT2D eigenvalue weighted by molar-refractivity contribution is 0.236. The molecule has 6 heteroatoms. The second-order valence-electron chi connectivity index (χ2n) is 6.28. The number of H-pyrrole nitrogens is 1. The summed E-state index contributed by atoms with van der Waals surface area (Å²) in [5.74, 6) is 0.672. The lowest BCUT2D eigenvalue weighted by atomic mass is 10.0. The molecule has 1 aliphatic rings. The van der Waals surface area contributed by atoms with Gasteiger partial charge in [-0.25, -0.2) is 4.98 Å². The highest BCUT2D eigenvalue weighted by Gasteiger charge is 2.22. The van der Waals surface area contributed by atoms with E-state index < -0.39 is 0 Å². The highest BCUT2D eigenvalue weighted by atomic mass is 16.3. The molecule has 0 spiro atoms. The molecule has 1 aromatic carbocycles. The number of phenols is 2. The molecule has 0 fully saturated rings. The Balaban J connectivity index is 1.85. The first-order valence-electron chi connectivity index (χ1n) is 7.80. The number of phenolic OH excluding ortho intramolecular Hbond substituents is 2. The first kappa shape index (κ1) is 15.6. The average molecular weight is 315 g/mol. The largest absolute Gasteiger partial charge is 0.504 e. The van der Waals surface area contributed by atoms with Crippen LogP contribution in [0.3, 0.4) is 0 Å². The highest BCUT2D eigenvalue weighted by Crippen LogP contribution is 2.30. The van der Waals surface area contributed by atoms with Gasteiger partial charge in [-0.15, -0.1) is 0 Å². The number of hydrogen-bond acceptors (Lipinski definition) is 5. The Morgan fingerprint density at radius 1 is 1.35 bits per heavy atom. The van der Waals surface area contributed by atoms with Gasteiger partial charge in [-0.3, -0.25) is 9.69 Å². The van der Waals surface area contributed by atoms with Crippen molar-refractivity contribution in [1.29, 1.82) is 0 Å². The van der Waals surface area contributed by atoms with Crippen molar-refractivity contribution in [3.05, 3.63) is 51.2 Å². The van der Waals surface area contributed by atoms with Crippen LogP contribution >= 0.6 is 0 Å². The zero-order valence-electron chi connectivity index (χ0n) is 13.3. The van der Waals surface area contributed by atoms with Gasteiger partial charge in [0.2, 0.25) is 0 Å². The third kappa shape index (κ3) is 3.07. The Hall–Kier alpha value is -2.34. The molecule has 0 saturated heterocycles. The van der Waals surface area contributed by atoms with E-state index in [4.69, 9.17) is 0 Å². The molecule has 122 valence electrons. The third-order valence-corrected chi connectivity index (χ3v) is 4.21. The number of nitrogens with one attached hydrogen (secondary N) is 1. The number of para-hydroxylation sites is 1. The van der Waals surface area contributed by atoms with E-state index in [9.17, 15) is 15.0 Å². The van der Waals surface area contributed by atoms with Crippen LogP contribution in [-0.4, -0.2) is 31.6 Å². The molecule has 0 unspecified atom stereocenters. The summed E-state index contributed by atoms with van der Waals surface area (Å²) in [7, 11) is 0. The van der Waals surface area contributed by atoms with E-state index in [-0.39, 0.29) is 23.0 Å². The Morgan fingerprint density at radius 3 is 2.87 bits per heavy atom. The molecule has 0 aliphatic carbocycles. The van der Waals surface area contributed by atoms with Crippen molar-refractivity contribution < 1.29 is 10.2 Å². The molecule has 0 atom stereocenters. The van der Waals surface area contributed by atoms with Crippen LogP contribution in [0, 0.1) is 0 Å². The van der Waals surface area contributed by atoms with Crippen LogP contribution in [0.1, 0.15) is 42.4 Å². The Labute approximate surface area is 134 Å². The van der Waals surface area contributed by atoms with Crippen LogP contribution in [0.5, 0.6) is 11.5 Å². The number of aromatic hydroxyl groups is 2. The lowest BCUT2D eigenvalue weighted by Crippen LogP contribution is -2.35. The molecule has 1 aliphatic heterocycles. The van der Waals surface area contributed by atoms with Crippen LogP contribution in [0.2, 0.25) is 0 Å². The Kier molecular flexibility index (Phi) is 4.09. The van der Waals surface area contributed by atoms with Gasteiger partial charge in [0.05, 0.1) is 5.69 Å². The minimum atomic E-state index is -0.114. The first-order valence-corrected chi connectivity index (χ1v) is 7.80. The molecule has 0 bridgehead atoms. The van der Waals surface area contributed by atoms with Gasteiger partial charge in [-0.2, -0.15) is 0 Å². The topological polar surface area (TPSA) is 89.5 Å². The van der Waals surface area contributed by atoms with Crippen molar-refractivity contribution >= 4 is 0 Å². The second kappa shape index (κ2) is 6.04. The zero-order chi connectivity index (χ0) is 16.6. The molecular weight excluding hydrogens is 294 g/mol. The van der Waals surface area contributed by atoms with Crippen LogP contribution in [0.4, 0.5) is 0 Å². The lowest BCUT2D eigenvalue weighted by Gasteiger charge is -2.28. The van der Waals surface area contributed by atoms with E-state index in [0.29, 0.717) is 37.4 Å². The minimum Gasteiger partial charge on any atom is -0.504 e. The predicted octanol–water partition coefficient (Wildman–Crippen LogP) is 1.86. The summed E-state index contributed by atoms with van der Waals surface area (Å²) in [6.45, 7) is 5.78. The monoisotopic (exact) mass is 315 g/mol. The Bertz CT molecular complexity index is 783. The van der Waals surface area contributed by atoms with Gasteiger partial charge in [0, 0.05) is 36.7 Å². The third-order valence-electron chi connectivity index (χ3n) is 4.21. The molecule has 2 heterocycles. The van der Waals surface area contributed by atoms with Crippen molar-refractivity contribution in [2.45, 2.75) is 39.3 Å². The van der Waals surface area contributed by atoms with Crippen molar-refractivity contribution in [2.75, 3.05) is 6.54 Å². The summed E-state index contributed by atoms with van der Waals surface area (Å²) in [4.78, 5) is 21.7. The number of benzene rings is 1. The molecule has 6 nitrogen and oxygen atoms in total. The van der Waals surface area contributed by atoms with E-state index in [1.54, 1.807) is 12.1 Å². The number of rotatable bonds is 3. The van der Waals surface area contributed by atoms with E-state index in [1.165, 1.54) is 6.07 Å². The minimum absolute atomic E-state index is 0.0430. The summed E-state index contributed by atoms with van der Waals surface area (Å²) in [5.41, 5.74) is 2.19. The molecule has 0 amide bonds. The van der Waals surface area contributed by atoms with Crippen LogP contribution in [-0.2, 0) is 19.5 Å². The van der Waals surface area contributed by atoms with Gasteiger partial charge in [0.25, 0.3) is 5.56 Å². The highest BCUT2D eigenvalue weighted by molar-refractivity contribution is 5.44. The number of nitrogens with zero attached hydrogens (tertiary/aromatic N) is 2. The van der Waals surface area contributed by atoms with Gasteiger partial charge >= 0.3 is 0 Å². The molecule has 3 N–H and O–H groups in total. The molecular formula is C17H21N3O3. The van der Waals surface area contributed by atoms with Crippen LogP contribution in [0.15, 0.2) is 23.0 Å². The van der Waals surface area contributed by atoms with E-state index in [2.05, 4.69) is 14.9 Å². The maximum Gasteiger partial charge on any atom is 0.254 e. The van der Waals surface area contributed by atoms with Crippen molar-refractivity contribution in [3.8, 4) is 11.5 Å². The molecule has 1 aromatic heterocycles. The van der Waals surface area contributed by atoms with Gasteiger partial charge < -0.3 is 15.2 Å². The fourth-order valence-electron chi connectivity index (χ4n) is 2.87. The van der Waals surface area contributed by atoms with Gasteiger partial charge in [-0.05, 0) is 12.5 Å². The average Bonchev–Trinajstić information content (AvgIpc) is 2.51. The number of fused-ring (bicyclic) bond motifs is 1. The number of hydrogen-bond donors (Lipinski definition) is 3. The van der Waals surface area contributed by atoms with Crippen LogP contribution < -0.4 is 5.56 Å². The van der Waals surface area contributed by atoms with Gasteiger partial charge in [-0.1, -0.05) is 26.0 Å². The first-order chi connectivity index (χ1) is 11.0. The molecule has 2 aromatic rings. The summed E-state index contributed by atoms with van der Waals surface area (Å²) in [6, 6.07) is 4.96. The van der Waals surface area contributed by atoms with E-state index in [0.717, 1.165) is 11.3 Å². The zero-order valence-corrected chi connectivity index (χ0v) is 13.3. The molecule has 23 heavy (non-hydrogen) atoms. The summed E-state index contributed by atoms with van der Waals surface area (Å²) in [6.07, 6.45) is 0.635. The second-order valence-corrected chi connectivity index (χ2v) is 6.28. The van der Waals surface area contributed by atoms with Gasteiger partial charge in [0.15, 0.2) is 11.5 Å². The quantitative estimate of drug-likeness (QED) is 0.752. The van der Waals surface area contributed by atoms with Crippen molar-refractivity contribution in [3.63, 3.8) is 0 Å². The van der Waals surface area contributed by atoms with Gasteiger partial charge in [0.1, 0.15) is 5.82 Å². The predicted molar refractivity (Wildman–Crippen MR) is 86.5 cm³/mol. The molecule has 0 radical (unpaired) electrons. The number of aromatic nitrogens is 2. The normalized spacial score (nSPS) is 14.9. The fourth-order valence-corrected chi connectivity index (χ4v) is 2.87. The van der Waals surface area contributed by atoms with Crippen molar-refractivity contribution in [2.24, 2.45) is 0 Å². The maximum atomic E-state index is 12.2. The van der Waals surface area contributed by atoms with E-state index >= 15 is 0 Å². The standard InChI is InChI=1S/C17H21N3O3/c1-10(2)16-18-13-9-20(7-6-12(13)17(23)19-16)8-11-4-3-5-14(21)15(11)22/h3-5,10,21-22H,6-9H2,1-2H3,(H,18,19,23). The smallest absolute Gasteiger partial charge is 0.254 e. The molecule has 3 rings (SSSR count). The summed E-state index contributed by atoms with van der Waals surface area (Å²) in [5, 5.41) is 19.5. The van der Waals surface area contributed by atoms with Crippen molar-refractivity contribution in [1.82, 2.24) is 14.9 Å². The summed E-state index contributed by atoms with van der Waals surface area (Å²) >= 11 is 0. The summed E-state index contributed by atoms with van der Waals surface area (Å²) < 4.78 is 0. The Morgan fingerprint density at radius 2 is 2.13 bits per heavy atom. The maximum absolute atomic E-state index is 12.2. The molecule has 0 saturated carbocycles.